The normalized spacial score (nSPS) is 22.1. The molecule has 1 rings (SSSR count). The highest BCUT2D eigenvalue weighted by atomic mass is 32.1. The van der Waals surface area contributed by atoms with Crippen LogP contribution in [0.3, 0.4) is 0 Å². The van der Waals surface area contributed by atoms with E-state index in [-0.39, 0.29) is 6.10 Å². The summed E-state index contributed by atoms with van der Waals surface area (Å²) < 4.78 is 10.2. The van der Waals surface area contributed by atoms with Crippen molar-refractivity contribution >= 4 is 17.4 Å². The van der Waals surface area contributed by atoms with Gasteiger partial charge in [-0.1, -0.05) is 5.92 Å². The number of thiocarbonyl (C=S) groups is 1. The second-order valence-electron chi connectivity index (χ2n) is 2.13. The molecule has 0 aromatic heterocycles. The van der Waals surface area contributed by atoms with Crippen LogP contribution in [0.1, 0.15) is 0 Å². The number of hydrogen-bond donors (Lipinski definition) is 1. The lowest BCUT2D eigenvalue weighted by Gasteiger charge is -2.06. The highest BCUT2D eigenvalue weighted by Crippen LogP contribution is 1.99. The summed E-state index contributed by atoms with van der Waals surface area (Å²) in [5, 5.41) is 3.32. The Morgan fingerprint density at radius 3 is 3.27 bits per heavy atom. The largest absolute Gasteiger partial charge is 0.463 e. The molecule has 1 heterocycles. The minimum Gasteiger partial charge on any atom is -0.463 e. The number of nitrogens with one attached hydrogen (secondary N) is 1. The highest BCUT2D eigenvalue weighted by Gasteiger charge is 2.18. The van der Waals surface area contributed by atoms with E-state index in [4.69, 9.17) is 28.1 Å². The second kappa shape index (κ2) is 4.16. The van der Waals surface area contributed by atoms with Crippen LogP contribution < -0.4 is 5.32 Å². The molecular formula is C7H9NO2S. The predicted octanol–water partition coefficient (Wildman–Crippen LogP) is -0.0905. The Morgan fingerprint density at radius 1 is 1.91 bits per heavy atom. The van der Waals surface area contributed by atoms with Crippen molar-refractivity contribution in [2.24, 2.45) is 0 Å². The van der Waals surface area contributed by atoms with Crippen LogP contribution in [-0.4, -0.2) is 31.0 Å². The van der Waals surface area contributed by atoms with Gasteiger partial charge in [0.25, 0.3) is 5.17 Å². The fraction of sp³-hybridized carbons (Fsp3) is 0.571. The number of terminal acetylenes is 1. The molecule has 0 aliphatic carbocycles. The van der Waals surface area contributed by atoms with E-state index in [1.165, 1.54) is 0 Å². The van der Waals surface area contributed by atoms with Crippen molar-refractivity contribution in [3.8, 4) is 12.3 Å². The summed E-state index contributed by atoms with van der Waals surface area (Å²) in [4.78, 5) is 0. The van der Waals surface area contributed by atoms with Gasteiger partial charge < -0.3 is 14.8 Å². The maximum atomic E-state index is 5.13. The molecule has 1 saturated heterocycles. The van der Waals surface area contributed by atoms with Gasteiger partial charge in [0.15, 0.2) is 0 Å². The minimum atomic E-state index is 0.0239. The summed E-state index contributed by atoms with van der Waals surface area (Å²) in [5.41, 5.74) is 0. The fourth-order valence-corrected chi connectivity index (χ4v) is 0.994. The third-order valence-electron chi connectivity index (χ3n) is 1.24. The van der Waals surface area contributed by atoms with Crippen molar-refractivity contribution in [2.45, 2.75) is 6.10 Å². The molecule has 11 heavy (non-hydrogen) atoms. The first-order chi connectivity index (χ1) is 5.33. The molecule has 3 nitrogen and oxygen atoms in total. The third-order valence-corrected chi connectivity index (χ3v) is 1.48. The van der Waals surface area contributed by atoms with Crippen LogP contribution in [0.2, 0.25) is 0 Å². The van der Waals surface area contributed by atoms with E-state index in [0.29, 0.717) is 24.9 Å². The summed E-state index contributed by atoms with van der Waals surface area (Å²) in [6.45, 7) is 1.54. The number of rotatable bonds is 3. The summed E-state index contributed by atoms with van der Waals surface area (Å²) in [7, 11) is 0. The molecule has 0 bridgehead atoms. The minimum absolute atomic E-state index is 0.0239. The molecule has 1 aliphatic heterocycles. The van der Waals surface area contributed by atoms with Crippen molar-refractivity contribution in [1.82, 2.24) is 5.32 Å². The summed E-state index contributed by atoms with van der Waals surface area (Å²) in [5.74, 6) is 2.37. The van der Waals surface area contributed by atoms with E-state index < -0.39 is 0 Å². The summed E-state index contributed by atoms with van der Waals surface area (Å²) in [6.07, 6.45) is 5.01. The molecule has 0 aromatic rings. The van der Waals surface area contributed by atoms with Crippen LogP contribution in [-0.2, 0) is 9.47 Å². The fourth-order valence-electron chi connectivity index (χ4n) is 0.774. The lowest BCUT2D eigenvalue weighted by molar-refractivity contribution is 0.0795. The molecular weight excluding hydrogens is 162 g/mol. The van der Waals surface area contributed by atoms with Crippen molar-refractivity contribution in [3.05, 3.63) is 0 Å². The zero-order valence-electron chi connectivity index (χ0n) is 6.00. The van der Waals surface area contributed by atoms with Gasteiger partial charge in [-0.25, -0.2) is 0 Å². The average molecular weight is 171 g/mol. The Kier molecular flexibility index (Phi) is 3.14. The lowest BCUT2D eigenvalue weighted by Crippen LogP contribution is -2.20. The number of hydrogen-bond acceptors (Lipinski definition) is 3. The molecule has 1 aliphatic rings. The highest BCUT2D eigenvalue weighted by molar-refractivity contribution is 7.80. The van der Waals surface area contributed by atoms with Gasteiger partial charge in [-0.2, -0.15) is 0 Å². The standard InChI is InChI=1S/C7H9NO2S/c1-2-3-9-5-6-4-8-7(11)10-6/h1,6H,3-5H2,(H,8,11). The molecule has 1 fully saturated rings. The molecule has 1 atom stereocenters. The molecule has 60 valence electrons. The Hall–Kier alpha value is -0.790. The Balaban J connectivity index is 2.09. The van der Waals surface area contributed by atoms with Gasteiger partial charge in [0.1, 0.15) is 12.7 Å². The van der Waals surface area contributed by atoms with E-state index >= 15 is 0 Å². The predicted molar refractivity (Wildman–Crippen MR) is 45.1 cm³/mol. The van der Waals surface area contributed by atoms with Gasteiger partial charge in [-0.05, 0) is 12.2 Å². The Labute approximate surface area is 71.1 Å². The van der Waals surface area contributed by atoms with Crippen LogP contribution in [0.25, 0.3) is 0 Å². The van der Waals surface area contributed by atoms with Gasteiger partial charge in [0, 0.05) is 0 Å². The molecule has 0 aromatic carbocycles. The molecule has 0 saturated carbocycles. The van der Waals surface area contributed by atoms with Gasteiger partial charge in [-0.15, -0.1) is 6.42 Å². The quantitative estimate of drug-likeness (QED) is 0.365. The summed E-state index contributed by atoms with van der Waals surface area (Å²) >= 11 is 4.75. The molecule has 4 heteroatoms. The SMILES string of the molecule is C#CCOCC1CNC(=S)O1. The second-order valence-corrected chi connectivity index (χ2v) is 2.50. The topological polar surface area (TPSA) is 30.5 Å². The summed E-state index contributed by atoms with van der Waals surface area (Å²) in [6, 6.07) is 0. The van der Waals surface area contributed by atoms with Gasteiger partial charge in [-0.3, -0.25) is 0 Å². The first-order valence-corrected chi connectivity index (χ1v) is 3.69. The maximum Gasteiger partial charge on any atom is 0.257 e. The van der Waals surface area contributed by atoms with Gasteiger partial charge >= 0.3 is 0 Å². The van der Waals surface area contributed by atoms with Crippen LogP contribution in [0.15, 0.2) is 0 Å². The van der Waals surface area contributed by atoms with Crippen molar-refractivity contribution < 1.29 is 9.47 Å². The van der Waals surface area contributed by atoms with E-state index in [1.807, 2.05) is 0 Å². The molecule has 0 amide bonds. The van der Waals surface area contributed by atoms with E-state index in [0.717, 1.165) is 0 Å². The average Bonchev–Trinajstić information content (AvgIpc) is 2.37. The van der Waals surface area contributed by atoms with E-state index in [1.54, 1.807) is 0 Å². The Bertz CT molecular complexity index is 187. The van der Waals surface area contributed by atoms with Gasteiger partial charge in [0.05, 0.1) is 13.2 Å². The van der Waals surface area contributed by atoms with Crippen LogP contribution >= 0.6 is 12.2 Å². The molecule has 1 N–H and O–H groups in total. The van der Waals surface area contributed by atoms with Crippen LogP contribution in [0.4, 0.5) is 0 Å². The number of ether oxygens (including phenoxy) is 2. The van der Waals surface area contributed by atoms with Crippen molar-refractivity contribution in [3.63, 3.8) is 0 Å². The van der Waals surface area contributed by atoms with Crippen molar-refractivity contribution in [2.75, 3.05) is 19.8 Å². The van der Waals surface area contributed by atoms with Crippen LogP contribution in [0, 0.1) is 12.3 Å². The smallest absolute Gasteiger partial charge is 0.257 e. The van der Waals surface area contributed by atoms with Crippen molar-refractivity contribution in [1.29, 1.82) is 0 Å². The molecule has 0 spiro atoms. The van der Waals surface area contributed by atoms with Crippen LogP contribution in [0.5, 0.6) is 0 Å². The van der Waals surface area contributed by atoms with E-state index in [2.05, 4.69) is 11.2 Å². The molecule has 1 unspecified atom stereocenters. The maximum absolute atomic E-state index is 5.13. The monoisotopic (exact) mass is 171 g/mol. The van der Waals surface area contributed by atoms with Gasteiger partial charge in [0.2, 0.25) is 0 Å². The zero-order chi connectivity index (χ0) is 8.10. The Morgan fingerprint density at radius 2 is 2.73 bits per heavy atom. The molecule has 0 radical (unpaired) electrons. The first-order valence-electron chi connectivity index (χ1n) is 3.28. The lowest BCUT2D eigenvalue weighted by atomic mass is 10.4. The first kappa shape index (κ1) is 8.31. The third kappa shape index (κ3) is 2.74. The zero-order valence-corrected chi connectivity index (χ0v) is 6.82. The van der Waals surface area contributed by atoms with E-state index in [9.17, 15) is 0 Å².